The Labute approximate surface area is 186 Å². The number of allylic oxidation sites excluding steroid dienone is 5. The van der Waals surface area contributed by atoms with Crippen LogP contribution in [0.15, 0.2) is 47.5 Å². The molecule has 1 aliphatic heterocycles. The second-order valence-corrected chi connectivity index (χ2v) is 8.50. The third-order valence-corrected chi connectivity index (χ3v) is 6.60. The summed E-state index contributed by atoms with van der Waals surface area (Å²) in [4.78, 5) is 34.9. The SMILES string of the molecule is CC.CCc1cnc(C)cn1.O=C1C=C(N2CCC3(CCCCC3)C2=O)CC2=C1C=C2. The average Bonchev–Trinajstić information content (AvgIpc) is 3.08. The number of hydrogen-bond acceptors (Lipinski definition) is 4. The highest BCUT2D eigenvalue weighted by atomic mass is 16.2. The van der Waals surface area contributed by atoms with Crippen molar-refractivity contribution >= 4 is 11.7 Å². The van der Waals surface area contributed by atoms with E-state index in [1.54, 1.807) is 12.3 Å². The Morgan fingerprint density at radius 2 is 1.74 bits per heavy atom. The Morgan fingerprint density at radius 3 is 2.29 bits per heavy atom. The van der Waals surface area contributed by atoms with Gasteiger partial charge in [0.1, 0.15) is 0 Å². The molecular formula is C26H35N3O2. The van der Waals surface area contributed by atoms with Crippen LogP contribution in [0.4, 0.5) is 0 Å². The van der Waals surface area contributed by atoms with Crippen molar-refractivity contribution in [2.45, 2.75) is 79.1 Å². The first-order valence-electron chi connectivity index (χ1n) is 11.8. The molecule has 0 unspecified atom stereocenters. The van der Waals surface area contributed by atoms with Crippen molar-refractivity contribution in [1.82, 2.24) is 14.9 Å². The first kappa shape index (κ1) is 23.1. The summed E-state index contributed by atoms with van der Waals surface area (Å²) in [6.45, 7) is 8.80. The molecule has 1 aromatic heterocycles. The molecule has 0 aromatic carbocycles. The molecule has 3 aliphatic carbocycles. The number of rotatable bonds is 2. The molecule has 1 saturated heterocycles. The van der Waals surface area contributed by atoms with Gasteiger partial charge in [0.25, 0.3) is 0 Å². The summed E-state index contributed by atoms with van der Waals surface area (Å²) in [5, 5.41) is 0. The van der Waals surface area contributed by atoms with Crippen LogP contribution in [-0.4, -0.2) is 33.1 Å². The van der Waals surface area contributed by atoms with E-state index < -0.39 is 0 Å². The van der Waals surface area contributed by atoms with Crippen LogP contribution in [0.5, 0.6) is 0 Å². The normalized spacial score (nSPS) is 20.9. The number of ketones is 1. The van der Waals surface area contributed by atoms with Crippen LogP contribution in [0.1, 0.15) is 77.1 Å². The van der Waals surface area contributed by atoms with Gasteiger partial charge in [-0.05, 0) is 38.2 Å². The maximum absolute atomic E-state index is 12.8. The highest BCUT2D eigenvalue weighted by Gasteiger charge is 2.48. The first-order chi connectivity index (χ1) is 15.0. The molecular weight excluding hydrogens is 386 g/mol. The maximum atomic E-state index is 12.8. The number of carbonyl (C=O) groups excluding carboxylic acids is 2. The molecule has 0 atom stereocenters. The molecule has 2 heterocycles. The fourth-order valence-electron chi connectivity index (χ4n) is 4.72. The molecule has 31 heavy (non-hydrogen) atoms. The molecule has 5 nitrogen and oxygen atoms in total. The van der Waals surface area contributed by atoms with Crippen molar-refractivity contribution in [2.24, 2.45) is 5.41 Å². The minimum absolute atomic E-state index is 0.0705. The van der Waals surface area contributed by atoms with E-state index in [2.05, 4.69) is 16.9 Å². The average molecular weight is 422 g/mol. The third-order valence-electron chi connectivity index (χ3n) is 6.60. The van der Waals surface area contributed by atoms with Gasteiger partial charge in [-0.25, -0.2) is 0 Å². The van der Waals surface area contributed by atoms with Crippen LogP contribution in [0, 0.1) is 12.3 Å². The van der Waals surface area contributed by atoms with E-state index in [1.165, 1.54) is 19.3 Å². The van der Waals surface area contributed by atoms with E-state index in [0.717, 1.165) is 66.9 Å². The van der Waals surface area contributed by atoms with Crippen LogP contribution < -0.4 is 0 Å². The largest absolute Gasteiger partial charge is 0.315 e. The van der Waals surface area contributed by atoms with Crippen molar-refractivity contribution < 1.29 is 9.59 Å². The first-order valence-corrected chi connectivity index (χ1v) is 11.8. The molecule has 2 fully saturated rings. The van der Waals surface area contributed by atoms with Crippen molar-refractivity contribution in [3.63, 3.8) is 0 Å². The van der Waals surface area contributed by atoms with Gasteiger partial charge in [-0.15, -0.1) is 0 Å². The van der Waals surface area contributed by atoms with Gasteiger partial charge < -0.3 is 4.90 Å². The number of amides is 1. The number of aromatic nitrogens is 2. The lowest BCUT2D eigenvalue weighted by atomic mass is 9.73. The van der Waals surface area contributed by atoms with Gasteiger partial charge in [-0.1, -0.05) is 52.2 Å². The lowest BCUT2D eigenvalue weighted by molar-refractivity contribution is -0.136. The van der Waals surface area contributed by atoms with Crippen LogP contribution in [0.2, 0.25) is 0 Å². The van der Waals surface area contributed by atoms with Crippen molar-refractivity contribution in [1.29, 1.82) is 0 Å². The second-order valence-electron chi connectivity index (χ2n) is 8.50. The van der Waals surface area contributed by atoms with E-state index >= 15 is 0 Å². The topological polar surface area (TPSA) is 63.2 Å². The predicted octanol–water partition coefficient (Wildman–Crippen LogP) is 5.27. The maximum Gasteiger partial charge on any atom is 0.233 e. The Kier molecular flexibility index (Phi) is 7.58. The third kappa shape index (κ3) is 4.86. The van der Waals surface area contributed by atoms with Crippen molar-refractivity contribution in [3.8, 4) is 0 Å². The van der Waals surface area contributed by atoms with Crippen LogP contribution in [-0.2, 0) is 16.0 Å². The van der Waals surface area contributed by atoms with Gasteiger partial charge in [0.05, 0.1) is 16.8 Å². The Morgan fingerprint density at radius 1 is 1.00 bits per heavy atom. The fraction of sp³-hybridized carbons (Fsp3) is 0.538. The summed E-state index contributed by atoms with van der Waals surface area (Å²) < 4.78 is 0. The van der Waals surface area contributed by atoms with E-state index in [0.29, 0.717) is 0 Å². The zero-order valence-corrected chi connectivity index (χ0v) is 19.4. The molecule has 4 aliphatic rings. The van der Waals surface area contributed by atoms with Gasteiger partial charge in [-0.2, -0.15) is 0 Å². The molecule has 5 heteroatoms. The standard InChI is InChI=1S/C17H19NO2.C7H10N2.C2H6/c19-15-11-13(10-12-4-5-14(12)15)18-9-8-17(16(18)20)6-2-1-3-7-17;1-3-7-5-8-6(2)4-9-7;1-2/h4-5,11H,1-3,6-10H2;4-5H,3H2,1-2H3;1-2H3. The second kappa shape index (κ2) is 10.2. The zero-order valence-electron chi connectivity index (χ0n) is 19.4. The molecule has 5 rings (SSSR count). The van der Waals surface area contributed by atoms with Gasteiger partial charge in [-0.3, -0.25) is 19.6 Å². The number of nitrogens with zero attached hydrogens (tertiary/aromatic N) is 3. The molecule has 0 radical (unpaired) electrons. The molecule has 1 saturated carbocycles. The lowest BCUT2D eigenvalue weighted by Crippen LogP contribution is -2.36. The van der Waals surface area contributed by atoms with Crippen LogP contribution >= 0.6 is 0 Å². The molecule has 1 amide bonds. The van der Waals surface area contributed by atoms with Gasteiger partial charge in [0.15, 0.2) is 5.78 Å². The van der Waals surface area contributed by atoms with E-state index in [1.807, 2.05) is 44.0 Å². The minimum Gasteiger partial charge on any atom is -0.315 e. The van der Waals surface area contributed by atoms with Crippen molar-refractivity contribution in [2.75, 3.05) is 6.54 Å². The quantitative estimate of drug-likeness (QED) is 0.653. The summed E-state index contributed by atoms with van der Waals surface area (Å²) in [6, 6.07) is 0. The smallest absolute Gasteiger partial charge is 0.233 e. The molecule has 0 N–H and O–H groups in total. The highest BCUT2D eigenvalue weighted by molar-refractivity contribution is 6.10. The van der Waals surface area contributed by atoms with Crippen LogP contribution in [0.3, 0.4) is 0 Å². The summed E-state index contributed by atoms with van der Waals surface area (Å²) in [7, 11) is 0. The summed E-state index contributed by atoms with van der Waals surface area (Å²) >= 11 is 0. The fourth-order valence-corrected chi connectivity index (χ4v) is 4.72. The Balaban J connectivity index is 0.000000209. The number of aryl methyl sites for hydroxylation is 2. The number of carbonyl (C=O) groups is 2. The van der Waals surface area contributed by atoms with E-state index in [-0.39, 0.29) is 17.1 Å². The van der Waals surface area contributed by atoms with E-state index in [4.69, 9.17) is 0 Å². The number of hydrogen-bond donors (Lipinski definition) is 0. The van der Waals surface area contributed by atoms with Gasteiger partial charge in [0, 0.05) is 42.7 Å². The zero-order chi connectivity index (χ0) is 22.4. The minimum atomic E-state index is -0.105. The van der Waals surface area contributed by atoms with Gasteiger partial charge in [0.2, 0.25) is 5.91 Å². The van der Waals surface area contributed by atoms with Crippen LogP contribution in [0.25, 0.3) is 0 Å². The van der Waals surface area contributed by atoms with Crippen molar-refractivity contribution in [3.05, 3.63) is 58.9 Å². The summed E-state index contributed by atoms with van der Waals surface area (Å²) in [6.07, 6.45) is 17.5. The molecule has 166 valence electrons. The number of likely N-dealkylation sites (tertiary alicyclic amines) is 1. The Bertz CT molecular complexity index is 903. The summed E-state index contributed by atoms with van der Waals surface area (Å²) in [5.74, 6) is 0.352. The molecule has 1 aromatic rings. The monoisotopic (exact) mass is 421 g/mol. The highest BCUT2D eigenvalue weighted by Crippen LogP contribution is 2.47. The Hall–Kier alpha value is -2.56. The predicted molar refractivity (Wildman–Crippen MR) is 123 cm³/mol. The lowest BCUT2D eigenvalue weighted by Gasteiger charge is -2.33. The molecule has 1 spiro atoms. The van der Waals surface area contributed by atoms with Gasteiger partial charge >= 0.3 is 0 Å². The molecule has 0 bridgehead atoms. The summed E-state index contributed by atoms with van der Waals surface area (Å²) in [5.41, 5.74) is 4.79. The van der Waals surface area contributed by atoms with E-state index in [9.17, 15) is 9.59 Å².